The molecule has 11 nitrogen and oxygen atoms in total. The Morgan fingerprint density at radius 1 is 0.690 bits per heavy atom. The highest BCUT2D eigenvalue weighted by Crippen LogP contribution is 2.41. The van der Waals surface area contributed by atoms with Crippen molar-refractivity contribution >= 4 is 109 Å². The number of para-hydroxylation sites is 1. The van der Waals surface area contributed by atoms with E-state index in [0.717, 1.165) is 46.2 Å². The number of aryl methyl sites for hydroxylation is 2. The van der Waals surface area contributed by atoms with E-state index in [0.29, 0.717) is 58.2 Å². The summed E-state index contributed by atoms with van der Waals surface area (Å²) in [5.41, 5.74) is 6.15. The number of nitrogens with zero attached hydrogens (tertiary/aromatic N) is 4. The molecule has 5 aromatic carbocycles. The molecule has 58 heavy (non-hydrogen) atoms. The number of hydrogen-bond donors (Lipinski definition) is 2. The molecule has 0 saturated carbocycles. The Morgan fingerprint density at radius 2 is 1.19 bits per heavy atom. The number of rotatable bonds is 14. The van der Waals surface area contributed by atoms with Gasteiger partial charge in [-0.25, -0.2) is 14.3 Å². The summed E-state index contributed by atoms with van der Waals surface area (Å²) < 4.78 is 24.2. The minimum atomic E-state index is -0.733. The van der Waals surface area contributed by atoms with Crippen molar-refractivity contribution < 1.29 is 23.8 Å². The fourth-order valence-electron chi connectivity index (χ4n) is 6.47. The Kier molecular flexibility index (Phi) is 12.9. The molecule has 2 N–H and O–H groups in total. The first-order chi connectivity index (χ1) is 27.9. The van der Waals surface area contributed by atoms with Gasteiger partial charge in [0.1, 0.15) is 24.6 Å². The van der Waals surface area contributed by atoms with Crippen molar-refractivity contribution in [3.8, 4) is 28.7 Å². The van der Waals surface area contributed by atoms with Crippen LogP contribution in [0.2, 0.25) is 0 Å². The number of aromatic nitrogens is 4. The van der Waals surface area contributed by atoms with Crippen molar-refractivity contribution in [3.05, 3.63) is 120 Å². The first kappa shape index (κ1) is 41.5. The fraction of sp³-hybridized carbons (Fsp3) is 0.209. The first-order valence-electron chi connectivity index (χ1n) is 18.5. The summed E-state index contributed by atoms with van der Waals surface area (Å²) >= 11 is 14.4. The number of fused-ring (bicyclic) bond motifs is 2. The second-order valence-electron chi connectivity index (χ2n) is 13.9. The van der Waals surface area contributed by atoms with Crippen LogP contribution in [0.1, 0.15) is 32.2 Å². The molecule has 0 aliphatic carbocycles. The average Bonchev–Trinajstić information content (AvgIpc) is 3.71. The highest BCUT2D eigenvalue weighted by atomic mass is 79.9. The molecule has 0 spiro atoms. The quantitative estimate of drug-likeness (QED) is 0.0810. The maximum Gasteiger partial charge on any atom is 0.333 e. The Morgan fingerprint density at radius 3 is 1.69 bits per heavy atom. The van der Waals surface area contributed by atoms with Crippen LogP contribution in [0.3, 0.4) is 0 Å². The minimum absolute atomic E-state index is 0.233. The van der Waals surface area contributed by atoms with Gasteiger partial charge < -0.3 is 24.8 Å². The van der Waals surface area contributed by atoms with Gasteiger partial charge in [-0.2, -0.15) is 10.2 Å². The van der Waals surface area contributed by atoms with E-state index >= 15 is 0 Å². The van der Waals surface area contributed by atoms with E-state index in [1.807, 2.05) is 78.3 Å². The summed E-state index contributed by atoms with van der Waals surface area (Å²) in [6.45, 7) is 8.89. The predicted molar refractivity (Wildman–Crippen MR) is 242 cm³/mol. The number of anilines is 2. The summed E-state index contributed by atoms with van der Waals surface area (Å²) in [7, 11) is 0. The highest BCUT2D eigenvalue weighted by Gasteiger charge is 2.18. The van der Waals surface area contributed by atoms with Crippen molar-refractivity contribution in [3.63, 3.8) is 0 Å². The largest absolute Gasteiger partial charge is 0.455 e. The Hall–Kier alpha value is -4.70. The van der Waals surface area contributed by atoms with Gasteiger partial charge in [0.25, 0.3) is 0 Å². The minimum Gasteiger partial charge on any atom is -0.455 e. The maximum atomic E-state index is 12.6. The van der Waals surface area contributed by atoms with Crippen molar-refractivity contribution in [2.75, 3.05) is 23.7 Å². The van der Waals surface area contributed by atoms with E-state index in [9.17, 15) is 9.59 Å². The fourth-order valence-corrected chi connectivity index (χ4v) is 9.17. The standard InChI is InChI=1S/C43H38Br4N6O5/c1-5-39-32-20-30(12-14-38(32)50-52(39)23-24(2)3)57-43-35(46)17-27(18-36(43)47)49-22-41(55)58-40(54)21-48-26-15-33(44)42(34(45)16-26)56-29-11-13-37-31(19-29)25(4)53(51-37)28-9-7-6-8-10-28/h6-20,24,48-49H,5,21-23H2,1-4H3. The van der Waals surface area contributed by atoms with Crippen molar-refractivity contribution in [2.24, 2.45) is 5.92 Å². The Balaban J connectivity index is 0.916. The molecule has 0 aliphatic rings. The second-order valence-corrected chi connectivity index (χ2v) is 17.3. The SMILES string of the molecule is CCc1c2cc(Oc3c(Br)cc(NCC(=O)OC(=O)CNc4cc(Br)c(Oc5ccc6nn(-c7ccccc7)c(C)c6c5)c(Br)c4)cc3Br)ccc2nn1CC(C)C. The van der Waals surface area contributed by atoms with Gasteiger partial charge in [-0.3, -0.25) is 4.68 Å². The number of esters is 2. The Bertz CT molecular complexity index is 2620. The topological polar surface area (TPSA) is 122 Å². The monoisotopic (exact) mass is 1030 g/mol. The predicted octanol–water partition coefficient (Wildman–Crippen LogP) is 12.1. The van der Waals surface area contributed by atoms with Gasteiger partial charge in [0.2, 0.25) is 0 Å². The molecule has 0 bridgehead atoms. The van der Waals surface area contributed by atoms with Crippen LogP contribution in [-0.4, -0.2) is 44.6 Å². The molecule has 0 atom stereocenters. The van der Waals surface area contributed by atoms with Crippen LogP contribution >= 0.6 is 63.7 Å². The number of ether oxygens (including phenoxy) is 3. The number of halogens is 4. The molecule has 0 aliphatic heterocycles. The number of nitrogens with one attached hydrogen (secondary N) is 2. The molecule has 0 amide bonds. The van der Waals surface area contributed by atoms with E-state index in [1.54, 1.807) is 24.3 Å². The summed E-state index contributed by atoms with van der Waals surface area (Å²) in [5.74, 6) is 1.45. The lowest BCUT2D eigenvalue weighted by molar-refractivity contribution is -0.157. The molecule has 15 heteroatoms. The molecule has 298 valence electrons. The zero-order valence-electron chi connectivity index (χ0n) is 31.9. The van der Waals surface area contributed by atoms with Crippen LogP contribution in [0.4, 0.5) is 11.4 Å². The average molecular weight is 1040 g/mol. The molecule has 2 aromatic heterocycles. The van der Waals surface area contributed by atoms with Gasteiger partial charge in [0.15, 0.2) is 11.5 Å². The molecule has 0 fully saturated rings. The van der Waals surface area contributed by atoms with Gasteiger partial charge in [-0.1, -0.05) is 39.0 Å². The van der Waals surface area contributed by atoms with Crippen molar-refractivity contribution in [1.82, 2.24) is 19.6 Å². The van der Waals surface area contributed by atoms with Crippen LogP contribution < -0.4 is 20.1 Å². The molecular formula is C43H38Br4N6O5. The lowest BCUT2D eigenvalue weighted by atomic mass is 10.1. The number of hydrogen-bond acceptors (Lipinski definition) is 9. The summed E-state index contributed by atoms with van der Waals surface area (Å²) in [4.78, 5) is 25.2. The van der Waals surface area contributed by atoms with Gasteiger partial charge in [-0.15, -0.1) is 0 Å². The van der Waals surface area contributed by atoms with Crippen molar-refractivity contribution in [2.45, 2.75) is 40.7 Å². The van der Waals surface area contributed by atoms with E-state index in [-0.39, 0.29) is 13.1 Å². The highest BCUT2D eigenvalue weighted by molar-refractivity contribution is 9.11. The van der Waals surface area contributed by atoms with Crippen LogP contribution in [0, 0.1) is 12.8 Å². The normalized spacial score (nSPS) is 11.3. The summed E-state index contributed by atoms with van der Waals surface area (Å²) in [6.07, 6.45) is 0.856. The third-order valence-corrected chi connectivity index (χ3v) is 11.5. The molecule has 0 unspecified atom stereocenters. The van der Waals surface area contributed by atoms with Crippen LogP contribution in [-0.2, 0) is 27.3 Å². The van der Waals surface area contributed by atoms with Gasteiger partial charge in [0, 0.05) is 40.1 Å². The maximum absolute atomic E-state index is 12.6. The molecule has 7 aromatic rings. The molecule has 0 saturated heterocycles. The van der Waals surface area contributed by atoms with Crippen molar-refractivity contribution in [1.29, 1.82) is 0 Å². The van der Waals surface area contributed by atoms with E-state index in [4.69, 9.17) is 24.4 Å². The van der Waals surface area contributed by atoms with E-state index < -0.39 is 11.9 Å². The van der Waals surface area contributed by atoms with E-state index in [2.05, 4.69) is 99.8 Å². The third-order valence-electron chi connectivity index (χ3n) is 9.11. The van der Waals surface area contributed by atoms with Crippen LogP contribution in [0.25, 0.3) is 27.5 Å². The third kappa shape index (κ3) is 9.43. The summed E-state index contributed by atoms with van der Waals surface area (Å²) in [5, 5.41) is 17.6. The number of carbonyl (C=O) groups excluding carboxylic acids is 2. The lowest BCUT2D eigenvalue weighted by Gasteiger charge is -2.14. The van der Waals surface area contributed by atoms with Crippen LogP contribution in [0.5, 0.6) is 23.0 Å². The zero-order chi connectivity index (χ0) is 41.1. The number of carbonyl (C=O) groups is 2. The van der Waals surface area contributed by atoms with Gasteiger partial charge >= 0.3 is 11.9 Å². The molecular weight excluding hydrogens is 1000 g/mol. The smallest absolute Gasteiger partial charge is 0.333 e. The zero-order valence-corrected chi connectivity index (χ0v) is 38.3. The van der Waals surface area contributed by atoms with Crippen LogP contribution in [0.15, 0.2) is 109 Å². The number of benzene rings is 5. The second kappa shape index (κ2) is 18.1. The first-order valence-corrected chi connectivity index (χ1v) is 21.6. The Labute approximate surface area is 368 Å². The summed E-state index contributed by atoms with van der Waals surface area (Å²) in [6, 6.07) is 28.7. The van der Waals surface area contributed by atoms with Gasteiger partial charge in [0.05, 0.1) is 34.6 Å². The molecule has 7 rings (SSSR count). The van der Waals surface area contributed by atoms with E-state index in [1.165, 1.54) is 5.69 Å². The molecule has 0 radical (unpaired) electrons. The lowest BCUT2D eigenvalue weighted by Crippen LogP contribution is -2.25. The van der Waals surface area contributed by atoms with Gasteiger partial charge in [-0.05, 0) is 156 Å². The molecule has 2 heterocycles.